The van der Waals surface area contributed by atoms with Crippen molar-refractivity contribution < 1.29 is 17.7 Å². The molecule has 1 heterocycles. The largest absolute Gasteiger partial charge is 0.497 e. The smallest absolute Gasteiger partial charge is 0.264 e. The maximum absolute atomic E-state index is 12.7. The molecule has 0 radical (unpaired) electrons. The lowest BCUT2D eigenvalue weighted by atomic mass is 10.1. The molecule has 25 heavy (non-hydrogen) atoms. The van der Waals surface area contributed by atoms with Crippen molar-refractivity contribution in [2.45, 2.75) is 11.8 Å². The van der Waals surface area contributed by atoms with E-state index in [9.17, 15) is 8.42 Å². The molecule has 6 nitrogen and oxygen atoms in total. The van der Waals surface area contributed by atoms with Crippen LogP contribution in [0, 0.1) is 6.92 Å². The van der Waals surface area contributed by atoms with Crippen LogP contribution in [0.5, 0.6) is 5.75 Å². The molecular formula is C17H15ClN2O4S. The number of anilines is 1. The average Bonchev–Trinajstić information content (AvgIpc) is 3.02. The second-order valence-electron chi connectivity index (χ2n) is 5.31. The van der Waals surface area contributed by atoms with Crippen LogP contribution in [0.1, 0.15) is 5.56 Å². The topological polar surface area (TPSA) is 81.4 Å². The standard InChI is InChI=1S/C17H15ClN2O4S/c1-11-9-14(23-2)7-8-16(11)25(21,22)20-17-15(10-19-24-17)12-3-5-13(18)6-4-12/h3-10,20H,1-2H3. The van der Waals surface area contributed by atoms with Gasteiger partial charge in [-0.1, -0.05) is 28.9 Å². The predicted octanol–water partition coefficient (Wildman–Crippen LogP) is 4.11. The van der Waals surface area contributed by atoms with Crippen molar-refractivity contribution in [2.75, 3.05) is 11.8 Å². The maximum Gasteiger partial charge on any atom is 0.264 e. The van der Waals surface area contributed by atoms with Gasteiger partial charge in [0, 0.05) is 5.02 Å². The molecule has 1 N–H and O–H groups in total. The summed E-state index contributed by atoms with van der Waals surface area (Å²) in [6.07, 6.45) is 1.45. The first-order chi connectivity index (χ1) is 11.9. The first kappa shape index (κ1) is 17.3. The van der Waals surface area contributed by atoms with Crippen LogP contribution in [0.25, 0.3) is 11.1 Å². The number of aromatic nitrogens is 1. The summed E-state index contributed by atoms with van der Waals surface area (Å²) in [5, 5.41) is 4.27. The molecule has 0 saturated carbocycles. The van der Waals surface area contributed by atoms with E-state index in [1.165, 1.54) is 19.4 Å². The highest BCUT2D eigenvalue weighted by Gasteiger charge is 2.22. The Labute approximate surface area is 150 Å². The molecule has 2 aromatic carbocycles. The molecule has 3 rings (SSSR count). The van der Waals surface area contributed by atoms with Gasteiger partial charge in [0.2, 0.25) is 5.88 Å². The first-order valence-electron chi connectivity index (χ1n) is 7.29. The third kappa shape index (κ3) is 3.62. The highest BCUT2D eigenvalue weighted by atomic mass is 35.5. The lowest BCUT2D eigenvalue weighted by Gasteiger charge is -2.10. The van der Waals surface area contributed by atoms with E-state index >= 15 is 0 Å². The lowest BCUT2D eigenvalue weighted by molar-refractivity contribution is 0.414. The normalized spacial score (nSPS) is 11.3. The van der Waals surface area contributed by atoms with E-state index in [0.717, 1.165) is 5.56 Å². The van der Waals surface area contributed by atoms with Crippen LogP contribution >= 0.6 is 11.6 Å². The Bertz CT molecular complexity index is 998. The van der Waals surface area contributed by atoms with Gasteiger partial charge in [-0.05, 0) is 48.4 Å². The van der Waals surface area contributed by atoms with E-state index in [0.29, 0.717) is 21.9 Å². The molecule has 0 spiro atoms. The van der Waals surface area contributed by atoms with Crippen LogP contribution in [-0.2, 0) is 10.0 Å². The Hall–Kier alpha value is -2.51. The van der Waals surface area contributed by atoms with Gasteiger partial charge in [0.1, 0.15) is 5.75 Å². The SMILES string of the molecule is COc1ccc(S(=O)(=O)Nc2oncc2-c2ccc(Cl)cc2)c(C)c1. The van der Waals surface area contributed by atoms with Crippen LogP contribution in [0.15, 0.2) is 58.1 Å². The zero-order valence-corrected chi connectivity index (χ0v) is 15.1. The van der Waals surface area contributed by atoms with Crippen molar-refractivity contribution >= 4 is 27.5 Å². The molecular weight excluding hydrogens is 364 g/mol. The van der Waals surface area contributed by atoms with E-state index in [1.54, 1.807) is 43.3 Å². The van der Waals surface area contributed by atoms with Crippen molar-refractivity contribution in [3.63, 3.8) is 0 Å². The van der Waals surface area contributed by atoms with Crippen molar-refractivity contribution in [3.05, 3.63) is 59.2 Å². The molecule has 130 valence electrons. The van der Waals surface area contributed by atoms with Gasteiger partial charge < -0.3 is 9.26 Å². The number of methoxy groups -OCH3 is 1. The Balaban J connectivity index is 1.95. The molecule has 8 heteroatoms. The van der Waals surface area contributed by atoms with Gasteiger partial charge in [-0.25, -0.2) is 13.1 Å². The molecule has 0 amide bonds. The zero-order valence-electron chi connectivity index (χ0n) is 13.5. The average molecular weight is 379 g/mol. The van der Waals surface area contributed by atoms with E-state index < -0.39 is 10.0 Å². The molecule has 0 aliphatic carbocycles. The fourth-order valence-corrected chi connectivity index (χ4v) is 3.73. The number of nitrogens with one attached hydrogen (secondary N) is 1. The van der Waals surface area contributed by atoms with Crippen molar-refractivity contribution in [3.8, 4) is 16.9 Å². The number of benzene rings is 2. The summed E-state index contributed by atoms with van der Waals surface area (Å²) >= 11 is 5.88. The van der Waals surface area contributed by atoms with Gasteiger partial charge in [-0.2, -0.15) is 0 Å². The fourth-order valence-electron chi connectivity index (χ4n) is 2.38. The molecule has 0 aliphatic heterocycles. The number of ether oxygens (including phenoxy) is 1. The molecule has 3 aromatic rings. The van der Waals surface area contributed by atoms with Gasteiger partial charge in [-0.3, -0.25) is 0 Å². The van der Waals surface area contributed by atoms with E-state index in [4.69, 9.17) is 20.9 Å². The van der Waals surface area contributed by atoms with E-state index in [-0.39, 0.29) is 10.8 Å². The van der Waals surface area contributed by atoms with Crippen LogP contribution in [-0.4, -0.2) is 20.7 Å². The molecule has 0 unspecified atom stereocenters. The number of hydrogen-bond donors (Lipinski definition) is 1. The summed E-state index contributed by atoms with van der Waals surface area (Å²) in [5.74, 6) is 0.621. The summed E-state index contributed by atoms with van der Waals surface area (Å²) < 4.78 is 38.0. The molecule has 0 aliphatic rings. The van der Waals surface area contributed by atoms with Gasteiger partial charge in [0.05, 0.1) is 23.8 Å². The number of halogens is 1. The fraction of sp³-hybridized carbons (Fsp3) is 0.118. The third-order valence-corrected chi connectivity index (χ3v) is 5.37. The second-order valence-corrected chi connectivity index (χ2v) is 7.40. The summed E-state index contributed by atoms with van der Waals surface area (Å²) in [5.41, 5.74) is 1.81. The Kier molecular flexibility index (Phi) is 4.69. The molecule has 0 bridgehead atoms. The number of nitrogens with zero attached hydrogens (tertiary/aromatic N) is 1. The summed E-state index contributed by atoms with van der Waals surface area (Å²) in [7, 11) is -2.32. The summed E-state index contributed by atoms with van der Waals surface area (Å²) in [6.45, 7) is 1.69. The molecule has 1 aromatic heterocycles. The number of sulfonamides is 1. The maximum atomic E-state index is 12.7. The predicted molar refractivity (Wildman–Crippen MR) is 95.5 cm³/mol. The molecule has 0 saturated heterocycles. The highest BCUT2D eigenvalue weighted by Crippen LogP contribution is 2.31. The molecule has 0 atom stereocenters. The lowest BCUT2D eigenvalue weighted by Crippen LogP contribution is -2.14. The Morgan fingerprint density at radius 3 is 2.52 bits per heavy atom. The van der Waals surface area contributed by atoms with E-state index in [2.05, 4.69) is 9.88 Å². The number of aryl methyl sites for hydroxylation is 1. The monoisotopic (exact) mass is 378 g/mol. The summed E-state index contributed by atoms with van der Waals surface area (Å²) in [6, 6.07) is 11.6. The number of hydrogen-bond acceptors (Lipinski definition) is 5. The van der Waals surface area contributed by atoms with Crippen molar-refractivity contribution in [1.82, 2.24) is 5.16 Å². The summed E-state index contributed by atoms with van der Waals surface area (Å²) in [4.78, 5) is 0.131. The Morgan fingerprint density at radius 1 is 1.16 bits per heavy atom. The molecule has 0 fully saturated rings. The second kappa shape index (κ2) is 6.78. The highest BCUT2D eigenvalue weighted by molar-refractivity contribution is 7.92. The van der Waals surface area contributed by atoms with Gasteiger partial charge in [0.15, 0.2) is 0 Å². The van der Waals surface area contributed by atoms with Crippen molar-refractivity contribution in [2.24, 2.45) is 0 Å². The van der Waals surface area contributed by atoms with Crippen molar-refractivity contribution in [1.29, 1.82) is 0 Å². The van der Waals surface area contributed by atoms with Gasteiger partial charge in [0.25, 0.3) is 10.0 Å². The number of rotatable bonds is 5. The van der Waals surface area contributed by atoms with Crippen LogP contribution in [0.2, 0.25) is 5.02 Å². The van der Waals surface area contributed by atoms with Gasteiger partial charge >= 0.3 is 0 Å². The first-order valence-corrected chi connectivity index (χ1v) is 9.15. The minimum Gasteiger partial charge on any atom is -0.497 e. The minimum atomic E-state index is -3.84. The Morgan fingerprint density at radius 2 is 1.88 bits per heavy atom. The van der Waals surface area contributed by atoms with Crippen LogP contribution in [0.4, 0.5) is 5.88 Å². The van der Waals surface area contributed by atoms with Crippen LogP contribution < -0.4 is 9.46 Å². The van der Waals surface area contributed by atoms with Gasteiger partial charge in [-0.15, -0.1) is 0 Å². The minimum absolute atomic E-state index is 0.0394. The van der Waals surface area contributed by atoms with E-state index in [1.807, 2.05) is 0 Å². The quantitative estimate of drug-likeness (QED) is 0.722. The third-order valence-electron chi connectivity index (χ3n) is 3.62. The zero-order chi connectivity index (χ0) is 18.0. The van der Waals surface area contributed by atoms with Crippen LogP contribution in [0.3, 0.4) is 0 Å².